The van der Waals surface area contributed by atoms with Gasteiger partial charge in [-0.2, -0.15) is 0 Å². The van der Waals surface area contributed by atoms with Crippen LogP contribution in [0.25, 0.3) is 0 Å². The number of carboxylic acid groups (broad SMARTS) is 1. The van der Waals surface area contributed by atoms with Crippen molar-refractivity contribution in [2.75, 3.05) is 6.54 Å². The van der Waals surface area contributed by atoms with Gasteiger partial charge >= 0.3 is 12.0 Å². The Labute approximate surface area is 116 Å². The molecule has 104 valence electrons. The molecule has 1 aliphatic heterocycles. The molecule has 2 heterocycles. The quantitative estimate of drug-likeness (QED) is 0.892. The number of nitrogens with one attached hydrogen (secondary N) is 1. The van der Waals surface area contributed by atoms with E-state index in [0.717, 1.165) is 11.3 Å². The maximum Gasteiger partial charge on any atom is 0.326 e. The van der Waals surface area contributed by atoms with Gasteiger partial charge in [0, 0.05) is 16.3 Å². The summed E-state index contributed by atoms with van der Waals surface area (Å²) in [6.45, 7) is 5.07. The zero-order valence-electron chi connectivity index (χ0n) is 11.1. The largest absolute Gasteiger partial charge is 0.480 e. The van der Waals surface area contributed by atoms with Crippen molar-refractivity contribution in [3.63, 3.8) is 0 Å². The van der Waals surface area contributed by atoms with Crippen LogP contribution >= 0.6 is 11.3 Å². The molecular formula is C13H18N2O3S. The van der Waals surface area contributed by atoms with E-state index >= 15 is 0 Å². The van der Waals surface area contributed by atoms with E-state index in [0.29, 0.717) is 19.5 Å². The molecule has 1 atom stereocenters. The molecule has 0 aromatic carbocycles. The van der Waals surface area contributed by atoms with Crippen LogP contribution in [0.15, 0.2) is 6.07 Å². The van der Waals surface area contributed by atoms with Crippen molar-refractivity contribution in [3.05, 3.63) is 21.4 Å². The summed E-state index contributed by atoms with van der Waals surface area (Å²) in [6, 6.07) is 1.10. The van der Waals surface area contributed by atoms with E-state index in [4.69, 9.17) is 5.11 Å². The molecule has 5 nitrogen and oxygen atoms in total. The van der Waals surface area contributed by atoms with Crippen molar-refractivity contribution in [1.29, 1.82) is 0 Å². The van der Waals surface area contributed by atoms with Gasteiger partial charge in [-0.1, -0.05) is 0 Å². The molecule has 2 rings (SSSR count). The maximum atomic E-state index is 12.0. The molecule has 2 amide bonds. The number of amides is 2. The Morgan fingerprint density at radius 2 is 2.26 bits per heavy atom. The molecule has 1 fully saturated rings. The number of hydrogen-bond acceptors (Lipinski definition) is 3. The summed E-state index contributed by atoms with van der Waals surface area (Å²) in [5.74, 6) is -0.921. The third-order valence-electron chi connectivity index (χ3n) is 3.43. The number of carbonyl (C=O) groups is 2. The van der Waals surface area contributed by atoms with Crippen LogP contribution < -0.4 is 5.32 Å². The lowest BCUT2D eigenvalue weighted by Gasteiger charge is -2.21. The molecule has 1 aromatic rings. The van der Waals surface area contributed by atoms with E-state index in [1.807, 2.05) is 13.8 Å². The normalized spacial score (nSPS) is 18.6. The third kappa shape index (κ3) is 3.07. The van der Waals surface area contributed by atoms with E-state index in [1.165, 1.54) is 15.3 Å². The SMILES string of the molecule is Cc1cc(CNC(=O)N2CCC[C@H]2C(=O)O)sc1C. The van der Waals surface area contributed by atoms with Crippen molar-refractivity contribution < 1.29 is 14.7 Å². The van der Waals surface area contributed by atoms with Gasteiger partial charge in [0.05, 0.1) is 6.54 Å². The number of aryl methyl sites for hydroxylation is 2. The molecule has 0 bridgehead atoms. The van der Waals surface area contributed by atoms with E-state index in [9.17, 15) is 9.59 Å². The van der Waals surface area contributed by atoms with E-state index in [-0.39, 0.29) is 6.03 Å². The summed E-state index contributed by atoms with van der Waals surface area (Å²) in [5, 5.41) is 11.8. The Balaban J connectivity index is 1.92. The van der Waals surface area contributed by atoms with Crippen LogP contribution in [0.2, 0.25) is 0 Å². The van der Waals surface area contributed by atoms with Crippen molar-refractivity contribution >= 4 is 23.3 Å². The number of nitrogens with zero attached hydrogens (tertiary/aromatic N) is 1. The van der Waals surface area contributed by atoms with Crippen LogP contribution in [0.4, 0.5) is 4.79 Å². The molecular weight excluding hydrogens is 264 g/mol. The van der Waals surface area contributed by atoms with E-state index in [2.05, 4.69) is 11.4 Å². The lowest BCUT2D eigenvalue weighted by atomic mass is 10.2. The number of aliphatic carboxylic acids is 1. The molecule has 2 N–H and O–H groups in total. The zero-order chi connectivity index (χ0) is 14.0. The standard InChI is InChI=1S/C13H18N2O3S/c1-8-6-10(19-9(8)2)7-14-13(18)15-5-3-4-11(15)12(16)17/h6,11H,3-5,7H2,1-2H3,(H,14,18)(H,16,17)/t11-/m0/s1. The second kappa shape index (κ2) is 5.61. The van der Waals surface area contributed by atoms with Crippen molar-refractivity contribution in [1.82, 2.24) is 10.2 Å². The highest BCUT2D eigenvalue weighted by Gasteiger charge is 2.33. The monoisotopic (exact) mass is 282 g/mol. The summed E-state index contributed by atoms with van der Waals surface area (Å²) in [6.07, 6.45) is 1.29. The number of carboxylic acids is 1. The van der Waals surface area contributed by atoms with E-state index in [1.54, 1.807) is 11.3 Å². The predicted octanol–water partition coefficient (Wildman–Crippen LogP) is 2.12. The first-order chi connectivity index (χ1) is 8.99. The first kappa shape index (κ1) is 13.9. The summed E-state index contributed by atoms with van der Waals surface area (Å²) in [4.78, 5) is 26.7. The van der Waals surface area contributed by atoms with Gasteiger partial charge in [0.1, 0.15) is 6.04 Å². The minimum Gasteiger partial charge on any atom is -0.480 e. The Bertz CT molecular complexity index is 479. The van der Waals surface area contributed by atoms with Gasteiger partial charge in [0.25, 0.3) is 0 Å². The van der Waals surface area contributed by atoms with Crippen LogP contribution in [0, 0.1) is 13.8 Å². The van der Waals surface area contributed by atoms with Crippen molar-refractivity contribution in [2.24, 2.45) is 0 Å². The minimum absolute atomic E-state index is 0.284. The van der Waals surface area contributed by atoms with Gasteiger partial charge in [-0.15, -0.1) is 11.3 Å². The fourth-order valence-electron chi connectivity index (χ4n) is 2.27. The second-order valence-electron chi connectivity index (χ2n) is 4.80. The Hall–Kier alpha value is -1.56. The van der Waals surface area contributed by atoms with Gasteiger partial charge in [0.15, 0.2) is 0 Å². The molecule has 1 saturated heterocycles. The molecule has 0 saturated carbocycles. The highest BCUT2D eigenvalue weighted by molar-refractivity contribution is 7.12. The lowest BCUT2D eigenvalue weighted by Crippen LogP contribution is -2.45. The highest BCUT2D eigenvalue weighted by Crippen LogP contribution is 2.21. The van der Waals surface area contributed by atoms with Crippen LogP contribution in [0.3, 0.4) is 0 Å². The number of likely N-dealkylation sites (tertiary alicyclic amines) is 1. The van der Waals surface area contributed by atoms with Crippen LogP contribution in [0.1, 0.15) is 28.2 Å². The molecule has 0 unspecified atom stereocenters. The maximum absolute atomic E-state index is 12.0. The van der Waals surface area contributed by atoms with E-state index < -0.39 is 12.0 Å². The van der Waals surface area contributed by atoms with Crippen LogP contribution in [0.5, 0.6) is 0 Å². The molecule has 1 aromatic heterocycles. The number of urea groups is 1. The van der Waals surface area contributed by atoms with Gasteiger partial charge in [-0.25, -0.2) is 9.59 Å². The molecule has 1 aliphatic rings. The molecule has 0 radical (unpaired) electrons. The number of carbonyl (C=O) groups excluding carboxylic acids is 1. The summed E-state index contributed by atoms with van der Waals surface area (Å²) in [7, 11) is 0. The first-order valence-electron chi connectivity index (χ1n) is 6.32. The first-order valence-corrected chi connectivity index (χ1v) is 7.14. The third-order valence-corrected chi connectivity index (χ3v) is 4.58. The Morgan fingerprint density at radius 3 is 2.84 bits per heavy atom. The molecule has 0 spiro atoms. The Kier molecular flexibility index (Phi) is 4.09. The number of thiophene rings is 1. The minimum atomic E-state index is -0.921. The van der Waals surface area contributed by atoms with Crippen LogP contribution in [-0.4, -0.2) is 34.6 Å². The van der Waals surface area contributed by atoms with Gasteiger partial charge in [-0.05, 0) is 38.3 Å². The zero-order valence-corrected chi connectivity index (χ0v) is 11.9. The van der Waals surface area contributed by atoms with Gasteiger partial charge < -0.3 is 15.3 Å². The molecule has 6 heteroatoms. The summed E-state index contributed by atoms with van der Waals surface area (Å²) >= 11 is 1.66. The highest BCUT2D eigenvalue weighted by atomic mass is 32.1. The van der Waals surface area contributed by atoms with Crippen molar-refractivity contribution in [3.8, 4) is 0 Å². The van der Waals surface area contributed by atoms with Crippen molar-refractivity contribution in [2.45, 2.75) is 39.3 Å². The number of hydrogen-bond donors (Lipinski definition) is 2. The predicted molar refractivity (Wildman–Crippen MR) is 73.4 cm³/mol. The fraction of sp³-hybridized carbons (Fsp3) is 0.538. The summed E-state index contributed by atoms with van der Waals surface area (Å²) in [5.41, 5.74) is 1.22. The summed E-state index contributed by atoms with van der Waals surface area (Å²) < 4.78 is 0. The Morgan fingerprint density at radius 1 is 1.53 bits per heavy atom. The smallest absolute Gasteiger partial charge is 0.326 e. The average molecular weight is 282 g/mol. The topological polar surface area (TPSA) is 69.6 Å². The van der Waals surface area contributed by atoms with Crippen LogP contribution in [-0.2, 0) is 11.3 Å². The van der Waals surface area contributed by atoms with Gasteiger partial charge in [0.2, 0.25) is 0 Å². The average Bonchev–Trinajstić information content (AvgIpc) is 2.94. The lowest BCUT2D eigenvalue weighted by molar-refractivity contribution is -0.141. The van der Waals surface area contributed by atoms with Gasteiger partial charge in [-0.3, -0.25) is 0 Å². The number of rotatable bonds is 3. The second-order valence-corrected chi connectivity index (χ2v) is 6.14. The fourth-order valence-corrected chi connectivity index (χ4v) is 3.26. The molecule has 0 aliphatic carbocycles. The molecule has 19 heavy (non-hydrogen) atoms.